The molecule has 5 nitrogen and oxygen atoms in total. The van der Waals surface area contributed by atoms with Gasteiger partial charge in [0.15, 0.2) is 0 Å². The Morgan fingerprint density at radius 3 is 2.35 bits per heavy atom. The van der Waals surface area contributed by atoms with Gasteiger partial charge in [0.05, 0.1) is 4.90 Å². The summed E-state index contributed by atoms with van der Waals surface area (Å²) in [5.74, 6) is 0.164. The van der Waals surface area contributed by atoms with Gasteiger partial charge in [-0.05, 0) is 62.1 Å². The molecule has 1 amide bonds. The maximum Gasteiger partial charge on any atom is 0.255 e. The zero-order valence-electron chi connectivity index (χ0n) is 15.1. The van der Waals surface area contributed by atoms with Crippen LogP contribution in [0.5, 0.6) is 0 Å². The molecule has 1 unspecified atom stereocenters. The minimum atomic E-state index is -3.48. The summed E-state index contributed by atoms with van der Waals surface area (Å²) >= 11 is 0. The monoisotopic (exact) mass is 372 g/mol. The molecule has 2 aromatic carbocycles. The second-order valence-electron chi connectivity index (χ2n) is 6.95. The third kappa shape index (κ3) is 4.14. The lowest BCUT2D eigenvalue weighted by Gasteiger charge is -2.30. The number of nitrogens with one attached hydrogen (secondary N) is 1. The molecule has 1 N–H and O–H groups in total. The number of piperidine rings is 1. The largest absolute Gasteiger partial charge is 0.322 e. The average Bonchev–Trinajstić information content (AvgIpc) is 2.62. The highest BCUT2D eigenvalue weighted by molar-refractivity contribution is 7.89. The minimum absolute atomic E-state index is 0.217. The van der Waals surface area contributed by atoms with E-state index in [9.17, 15) is 13.2 Å². The van der Waals surface area contributed by atoms with Crippen LogP contribution in [0.2, 0.25) is 0 Å². The maximum atomic E-state index is 12.8. The normalized spacial score (nSPS) is 18.5. The van der Waals surface area contributed by atoms with Crippen LogP contribution >= 0.6 is 0 Å². The number of nitrogens with zero attached hydrogens (tertiary/aromatic N) is 1. The second-order valence-corrected chi connectivity index (χ2v) is 8.89. The van der Waals surface area contributed by atoms with E-state index in [1.54, 1.807) is 40.7 Å². The molecule has 0 bridgehead atoms. The summed E-state index contributed by atoms with van der Waals surface area (Å²) in [6.45, 7) is 5.17. The topological polar surface area (TPSA) is 66.5 Å². The number of aryl methyl sites for hydroxylation is 1. The van der Waals surface area contributed by atoms with Crippen LogP contribution < -0.4 is 5.32 Å². The van der Waals surface area contributed by atoms with Crippen LogP contribution in [0.3, 0.4) is 0 Å². The molecule has 1 fully saturated rings. The first-order valence-corrected chi connectivity index (χ1v) is 10.3. The first-order chi connectivity index (χ1) is 12.4. The predicted molar refractivity (Wildman–Crippen MR) is 103 cm³/mol. The zero-order chi connectivity index (χ0) is 18.7. The van der Waals surface area contributed by atoms with Gasteiger partial charge >= 0.3 is 0 Å². The zero-order valence-corrected chi connectivity index (χ0v) is 15.9. The standard InChI is InChI=1S/C20H24N2O3S/c1-15-5-7-17(8-6-15)20(23)21-18-9-11-19(12-10-18)26(24,25)22-13-3-4-16(2)14-22/h5-12,16H,3-4,13-14H2,1-2H3,(H,21,23). The predicted octanol–water partition coefficient (Wildman–Crippen LogP) is 3.67. The molecule has 1 heterocycles. The summed E-state index contributed by atoms with van der Waals surface area (Å²) in [6, 6.07) is 13.7. The molecule has 138 valence electrons. The van der Waals surface area contributed by atoms with Crippen LogP contribution in [-0.4, -0.2) is 31.7 Å². The van der Waals surface area contributed by atoms with Crippen LogP contribution in [0.25, 0.3) is 0 Å². The molecular formula is C20H24N2O3S. The number of carbonyl (C=O) groups is 1. The van der Waals surface area contributed by atoms with Crippen molar-refractivity contribution in [3.63, 3.8) is 0 Å². The van der Waals surface area contributed by atoms with Gasteiger partial charge in [0.2, 0.25) is 10.0 Å². The highest BCUT2D eigenvalue weighted by atomic mass is 32.2. The quantitative estimate of drug-likeness (QED) is 0.890. The van der Waals surface area contributed by atoms with E-state index in [-0.39, 0.29) is 10.8 Å². The van der Waals surface area contributed by atoms with Gasteiger partial charge in [0.1, 0.15) is 0 Å². The summed E-state index contributed by atoms with van der Waals surface area (Å²) in [7, 11) is -3.48. The van der Waals surface area contributed by atoms with Crippen molar-refractivity contribution in [3.8, 4) is 0 Å². The molecule has 1 saturated heterocycles. The van der Waals surface area contributed by atoms with Crippen LogP contribution in [0.1, 0.15) is 35.7 Å². The highest BCUT2D eigenvalue weighted by Crippen LogP contribution is 2.24. The lowest BCUT2D eigenvalue weighted by Crippen LogP contribution is -2.39. The second kappa shape index (κ2) is 7.60. The fourth-order valence-corrected chi connectivity index (χ4v) is 4.73. The van der Waals surface area contributed by atoms with Crippen LogP contribution in [0.15, 0.2) is 53.4 Å². The van der Waals surface area contributed by atoms with Crippen molar-refractivity contribution in [1.82, 2.24) is 4.31 Å². The number of amides is 1. The van der Waals surface area contributed by atoms with E-state index in [0.717, 1.165) is 18.4 Å². The highest BCUT2D eigenvalue weighted by Gasteiger charge is 2.28. The number of sulfonamides is 1. The molecule has 2 aromatic rings. The maximum absolute atomic E-state index is 12.8. The van der Waals surface area contributed by atoms with E-state index >= 15 is 0 Å². The summed E-state index contributed by atoms with van der Waals surface area (Å²) in [6.07, 6.45) is 1.96. The van der Waals surface area contributed by atoms with Crippen molar-refractivity contribution in [1.29, 1.82) is 0 Å². The molecule has 0 saturated carbocycles. The van der Waals surface area contributed by atoms with Crippen LogP contribution in [-0.2, 0) is 10.0 Å². The van der Waals surface area contributed by atoms with E-state index in [0.29, 0.717) is 30.3 Å². The molecule has 1 atom stereocenters. The fourth-order valence-electron chi connectivity index (χ4n) is 3.13. The Kier molecular flexibility index (Phi) is 5.44. The molecule has 1 aliphatic rings. The van der Waals surface area contributed by atoms with E-state index in [1.165, 1.54) is 0 Å². The Hall–Kier alpha value is -2.18. The number of rotatable bonds is 4. The number of anilines is 1. The Morgan fingerprint density at radius 2 is 1.73 bits per heavy atom. The molecule has 0 aliphatic carbocycles. The molecule has 0 radical (unpaired) electrons. The molecule has 1 aliphatic heterocycles. The number of carbonyl (C=O) groups excluding carboxylic acids is 1. The van der Waals surface area contributed by atoms with E-state index in [1.807, 2.05) is 19.1 Å². The van der Waals surface area contributed by atoms with Gasteiger partial charge in [-0.1, -0.05) is 24.6 Å². The summed E-state index contributed by atoms with van der Waals surface area (Å²) in [4.78, 5) is 12.5. The third-order valence-corrected chi connectivity index (χ3v) is 6.56. The molecule has 0 spiro atoms. The fraction of sp³-hybridized carbons (Fsp3) is 0.350. The Labute approximate surface area is 155 Å². The SMILES string of the molecule is Cc1ccc(C(=O)Nc2ccc(S(=O)(=O)N3CCCC(C)C3)cc2)cc1. The molecule has 0 aromatic heterocycles. The van der Waals surface area contributed by atoms with Gasteiger partial charge < -0.3 is 5.32 Å². The molecular weight excluding hydrogens is 348 g/mol. The van der Waals surface area contributed by atoms with Crippen molar-refractivity contribution in [3.05, 3.63) is 59.7 Å². The number of benzene rings is 2. The molecule has 3 rings (SSSR count). The third-order valence-electron chi connectivity index (χ3n) is 4.68. The summed E-state index contributed by atoms with van der Waals surface area (Å²) < 4.78 is 27.1. The van der Waals surface area contributed by atoms with Crippen molar-refractivity contribution >= 4 is 21.6 Å². The summed E-state index contributed by atoms with van der Waals surface area (Å²) in [5, 5.41) is 2.80. The minimum Gasteiger partial charge on any atom is -0.322 e. The average molecular weight is 372 g/mol. The van der Waals surface area contributed by atoms with Gasteiger partial charge in [0, 0.05) is 24.3 Å². The Bertz CT molecular complexity index is 874. The van der Waals surface area contributed by atoms with E-state index in [2.05, 4.69) is 12.2 Å². The van der Waals surface area contributed by atoms with Gasteiger partial charge in [-0.25, -0.2) is 8.42 Å². The lowest BCUT2D eigenvalue weighted by molar-refractivity contribution is 0.102. The summed E-state index contributed by atoms with van der Waals surface area (Å²) in [5.41, 5.74) is 2.22. The van der Waals surface area contributed by atoms with Crippen molar-refractivity contribution in [2.24, 2.45) is 5.92 Å². The Morgan fingerprint density at radius 1 is 1.08 bits per heavy atom. The molecule has 26 heavy (non-hydrogen) atoms. The van der Waals surface area contributed by atoms with E-state index < -0.39 is 10.0 Å². The van der Waals surface area contributed by atoms with Gasteiger partial charge in [-0.3, -0.25) is 4.79 Å². The van der Waals surface area contributed by atoms with Gasteiger partial charge in [-0.15, -0.1) is 0 Å². The van der Waals surface area contributed by atoms with Gasteiger partial charge in [-0.2, -0.15) is 4.31 Å². The Balaban J connectivity index is 1.71. The molecule has 6 heteroatoms. The van der Waals surface area contributed by atoms with E-state index in [4.69, 9.17) is 0 Å². The smallest absolute Gasteiger partial charge is 0.255 e. The van der Waals surface area contributed by atoms with Crippen molar-refractivity contribution in [2.45, 2.75) is 31.6 Å². The number of hydrogen-bond donors (Lipinski definition) is 1. The van der Waals surface area contributed by atoms with Crippen LogP contribution in [0, 0.1) is 12.8 Å². The first-order valence-electron chi connectivity index (χ1n) is 8.84. The number of hydrogen-bond acceptors (Lipinski definition) is 3. The van der Waals surface area contributed by atoms with Gasteiger partial charge in [0.25, 0.3) is 5.91 Å². The lowest BCUT2D eigenvalue weighted by atomic mass is 10.0. The van der Waals surface area contributed by atoms with Crippen LogP contribution in [0.4, 0.5) is 5.69 Å². The van der Waals surface area contributed by atoms with Crippen molar-refractivity contribution in [2.75, 3.05) is 18.4 Å². The first kappa shape index (κ1) is 18.6. The van der Waals surface area contributed by atoms with Crippen molar-refractivity contribution < 1.29 is 13.2 Å².